The number of carbonyl (C=O) groups excluding carboxylic acids is 1. The van der Waals surface area contributed by atoms with Crippen LogP contribution in [0.3, 0.4) is 0 Å². The highest BCUT2D eigenvalue weighted by Crippen LogP contribution is 2.42. The highest BCUT2D eigenvalue weighted by atomic mass is 16.5. The normalized spacial score (nSPS) is 22.7. The highest BCUT2D eigenvalue weighted by molar-refractivity contribution is 5.87. The number of rotatable bonds is 5. The van der Waals surface area contributed by atoms with Gasteiger partial charge in [-0.3, -0.25) is 4.79 Å². The van der Waals surface area contributed by atoms with Gasteiger partial charge in [0.25, 0.3) is 0 Å². The molecule has 2 heteroatoms. The molecule has 1 rings (SSSR count). The maximum absolute atomic E-state index is 12.3. The predicted octanol–water partition coefficient (Wildman–Crippen LogP) is 3.98. The minimum atomic E-state index is -0.468. The molecule has 0 aliphatic heterocycles. The average molecular weight is 240 g/mol. The lowest BCUT2D eigenvalue weighted by molar-refractivity contribution is -0.148. The first-order valence-corrected chi connectivity index (χ1v) is 6.90. The number of ether oxygens (including phenoxy) is 1. The van der Waals surface area contributed by atoms with Crippen molar-refractivity contribution in [2.45, 2.75) is 71.8 Å². The van der Waals surface area contributed by atoms with Crippen molar-refractivity contribution in [1.82, 2.24) is 0 Å². The van der Waals surface area contributed by atoms with Crippen molar-refractivity contribution in [3.05, 3.63) is 0 Å². The van der Waals surface area contributed by atoms with Crippen LogP contribution in [0.15, 0.2) is 0 Å². The Morgan fingerprint density at radius 3 is 2.12 bits per heavy atom. The third-order valence-corrected chi connectivity index (χ3v) is 4.26. The topological polar surface area (TPSA) is 26.3 Å². The van der Waals surface area contributed by atoms with Crippen LogP contribution in [0.5, 0.6) is 0 Å². The molecule has 0 spiro atoms. The Balaban J connectivity index is 2.61. The number of methoxy groups -OCH3 is 1. The average Bonchev–Trinajstić information content (AvgIpc) is 2.26. The Hall–Kier alpha value is -0.370. The zero-order valence-corrected chi connectivity index (χ0v) is 12.1. The first kappa shape index (κ1) is 14.7. The van der Waals surface area contributed by atoms with Crippen LogP contribution in [0.2, 0.25) is 0 Å². The van der Waals surface area contributed by atoms with E-state index in [4.69, 9.17) is 4.74 Å². The summed E-state index contributed by atoms with van der Waals surface area (Å²) in [5.74, 6) is 0.914. The van der Waals surface area contributed by atoms with Crippen molar-refractivity contribution in [3.8, 4) is 0 Å². The second-order valence-electron chi connectivity index (χ2n) is 6.72. The Kier molecular flexibility index (Phi) is 4.77. The number of ketones is 1. The molecule has 0 saturated heterocycles. The van der Waals surface area contributed by atoms with Gasteiger partial charge in [-0.1, -0.05) is 27.7 Å². The van der Waals surface area contributed by atoms with E-state index in [0.29, 0.717) is 23.5 Å². The monoisotopic (exact) mass is 240 g/mol. The summed E-state index contributed by atoms with van der Waals surface area (Å²) in [6.45, 7) is 8.89. The van der Waals surface area contributed by atoms with Gasteiger partial charge in [-0.2, -0.15) is 0 Å². The molecule has 0 radical (unpaired) electrons. The van der Waals surface area contributed by atoms with Gasteiger partial charge in [-0.25, -0.2) is 0 Å². The molecule has 2 nitrogen and oxygen atoms in total. The van der Waals surface area contributed by atoms with E-state index >= 15 is 0 Å². The predicted molar refractivity (Wildman–Crippen MR) is 71.1 cm³/mol. The van der Waals surface area contributed by atoms with Crippen molar-refractivity contribution in [1.29, 1.82) is 0 Å². The molecule has 0 atom stereocenters. The lowest BCUT2D eigenvalue weighted by Gasteiger charge is -2.41. The molecule has 1 fully saturated rings. The standard InChI is InChI=1S/C15H28O2/c1-12(2)6-7-13(16)15(17-5)10-8-14(3,4)9-11-15/h12H,6-11H2,1-5H3. The number of hydrogen-bond acceptors (Lipinski definition) is 2. The van der Waals surface area contributed by atoms with E-state index in [2.05, 4.69) is 27.7 Å². The Morgan fingerprint density at radius 2 is 1.71 bits per heavy atom. The van der Waals surface area contributed by atoms with Crippen LogP contribution in [0, 0.1) is 11.3 Å². The summed E-state index contributed by atoms with van der Waals surface area (Å²) in [7, 11) is 1.70. The second-order valence-corrected chi connectivity index (χ2v) is 6.72. The van der Waals surface area contributed by atoms with Crippen molar-refractivity contribution < 1.29 is 9.53 Å². The second kappa shape index (κ2) is 5.51. The van der Waals surface area contributed by atoms with Gasteiger partial charge >= 0.3 is 0 Å². The molecule has 0 heterocycles. The Labute approximate surface area is 106 Å². The molecule has 1 saturated carbocycles. The van der Waals surface area contributed by atoms with Crippen LogP contribution in [0.1, 0.15) is 66.2 Å². The Bertz CT molecular complexity index is 256. The van der Waals surface area contributed by atoms with Crippen LogP contribution in [0.4, 0.5) is 0 Å². The molecule has 0 N–H and O–H groups in total. The lowest BCUT2D eigenvalue weighted by atomic mass is 9.69. The SMILES string of the molecule is COC1(C(=O)CCC(C)C)CCC(C)(C)CC1. The van der Waals surface area contributed by atoms with Gasteiger partial charge in [0.15, 0.2) is 5.78 Å². The first-order valence-electron chi connectivity index (χ1n) is 6.90. The van der Waals surface area contributed by atoms with Crippen LogP contribution >= 0.6 is 0 Å². The molecule has 0 amide bonds. The largest absolute Gasteiger partial charge is 0.370 e. The fourth-order valence-electron chi connectivity index (χ4n) is 2.57. The van der Waals surface area contributed by atoms with Gasteiger partial charge in [-0.05, 0) is 43.4 Å². The minimum Gasteiger partial charge on any atom is -0.370 e. The van der Waals surface area contributed by atoms with Gasteiger partial charge < -0.3 is 4.74 Å². The summed E-state index contributed by atoms with van der Waals surface area (Å²) in [4.78, 5) is 12.3. The molecule has 0 bridgehead atoms. The van der Waals surface area contributed by atoms with Gasteiger partial charge in [0.2, 0.25) is 0 Å². The maximum Gasteiger partial charge on any atom is 0.164 e. The fraction of sp³-hybridized carbons (Fsp3) is 0.933. The molecule has 1 aliphatic carbocycles. The van der Waals surface area contributed by atoms with E-state index in [1.807, 2.05) is 0 Å². The summed E-state index contributed by atoms with van der Waals surface area (Å²) in [6.07, 6.45) is 5.63. The summed E-state index contributed by atoms with van der Waals surface area (Å²) >= 11 is 0. The summed E-state index contributed by atoms with van der Waals surface area (Å²) in [5, 5.41) is 0. The number of Topliss-reactive ketones (excluding diaryl/α,β-unsaturated/α-hetero) is 1. The molecular weight excluding hydrogens is 212 g/mol. The summed E-state index contributed by atoms with van der Waals surface area (Å²) in [6, 6.07) is 0. The Morgan fingerprint density at radius 1 is 1.18 bits per heavy atom. The van der Waals surface area contributed by atoms with Crippen LogP contribution in [-0.2, 0) is 9.53 Å². The van der Waals surface area contributed by atoms with Gasteiger partial charge in [0.05, 0.1) is 0 Å². The van der Waals surface area contributed by atoms with E-state index in [0.717, 1.165) is 32.1 Å². The summed E-state index contributed by atoms with van der Waals surface area (Å²) in [5.41, 5.74) is -0.0925. The van der Waals surface area contributed by atoms with E-state index < -0.39 is 5.60 Å². The van der Waals surface area contributed by atoms with E-state index in [-0.39, 0.29) is 0 Å². The fourth-order valence-corrected chi connectivity index (χ4v) is 2.57. The zero-order chi connectivity index (χ0) is 13.1. The zero-order valence-electron chi connectivity index (χ0n) is 12.1. The number of hydrogen-bond donors (Lipinski definition) is 0. The first-order chi connectivity index (χ1) is 7.81. The van der Waals surface area contributed by atoms with Crippen LogP contribution < -0.4 is 0 Å². The van der Waals surface area contributed by atoms with E-state index in [9.17, 15) is 4.79 Å². The third kappa shape index (κ3) is 3.80. The van der Waals surface area contributed by atoms with Gasteiger partial charge in [0.1, 0.15) is 5.60 Å². The maximum atomic E-state index is 12.3. The van der Waals surface area contributed by atoms with Gasteiger partial charge in [0, 0.05) is 13.5 Å². The van der Waals surface area contributed by atoms with Crippen LogP contribution in [0.25, 0.3) is 0 Å². The molecule has 0 unspecified atom stereocenters. The molecule has 0 aromatic heterocycles. The molecular formula is C15H28O2. The molecule has 0 aromatic rings. The molecule has 17 heavy (non-hydrogen) atoms. The molecule has 100 valence electrons. The number of carbonyl (C=O) groups is 1. The van der Waals surface area contributed by atoms with Crippen molar-refractivity contribution in [2.24, 2.45) is 11.3 Å². The van der Waals surface area contributed by atoms with Gasteiger partial charge in [-0.15, -0.1) is 0 Å². The van der Waals surface area contributed by atoms with E-state index in [1.54, 1.807) is 7.11 Å². The van der Waals surface area contributed by atoms with Crippen molar-refractivity contribution >= 4 is 5.78 Å². The highest BCUT2D eigenvalue weighted by Gasteiger charge is 2.43. The van der Waals surface area contributed by atoms with Crippen molar-refractivity contribution in [3.63, 3.8) is 0 Å². The third-order valence-electron chi connectivity index (χ3n) is 4.26. The van der Waals surface area contributed by atoms with E-state index in [1.165, 1.54) is 0 Å². The lowest BCUT2D eigenvalue weighted by Crippen LogP contribution is -2.45. The van der Waals surface area contributed by atoms with Crippen LogP contribution in [-0.4, -0.2) is 18.5 Å². The minimum absolute atomic E-state index is 0.323. The quantitative estimate of drug-likeness (QED) is 0.726. The van der Waals surface area contributed by atoms with Crippen molar-refractivity contribution in [2.75, 3.05) is 7.11 Å². The smallest absolute Gasteiger partial charge is 0.164 e. The molecule has 1 aliphatic rings. The molecule has 0 aromatic carbocycles. The summed E-state index contributed by atoms with van der Waals surface area (Å²) < 4.78 is 5.62.